The topological polar surface area (TPSA) is 84.9 Å². The number of anilines is 1. The molecular weight excluding hydrogens is 342 g/mol. The molecular formula is C19H25N7O. The Morgan fingerprint density at radius 1 is 1.26 bits per heavy atom. The van der Waals surface area contributed by atoms with Gasteiger partial charge in [0, 0.05) is 37.7 Å². The fourth-order valence-corrected chi connectivity index (χ4v) is 3.58. The van der Waals surface area contributed by atoms with Gasteiger partial charge in [0.15, 0.2) is 6.10 Å². The molecule has 0 saturated heterocycles. The van der Waals surface area contributed by atoms with E-state index in [1.807, 2.05) is 41.7 Å². The Morgan fingerprint density at radius 3 is 2.85 bits per heavy atom. The van der Waals surface area contributed by atoms with Gasteiger partial charge in [0.1, 0.15) is 17.5 Å². The number of fused-ring (bicyclic) bond motifs is 1. The molecule has 0 bridgehead atoms. The second kappa shape index (κ2) is 7.11. The van der Waals surface area contributed by atoms with E-state index in [4.69, 9.17) is 4.98 Å². The summed E-state index contributed by atoms with van der Waals surface area (Å²) in [5, 5.41) is 15.3. The number of rotatable bonds is 5. The first kappa shape index (κ1) is 17.7. The quantitative estimate of drug-likeness (QED) is 0.740. The number of aromatic nitrogens is 6. The first-order chi connectivity index (χ1) is 13.1. The molecule has 8 heteroatoms. The van der Waals surface area contributed by atoms with E-state index < -0.39 is 6.10 Å². The summed E-state index contributed by atoms with van der Waals surface area (Å²) in [5.74, 6) is 2.40. The molecule has 0 radical (unpaired) electrons. The number of aryl methyl sites for hydroxylation is 3. The van der Waals surface area contributed by atoms with Gasteiger partial charge in [-0.05, 0) is 19.4 Å². The minimum absolute atomic E-state index is 0.596. The smallest absolute Gasteiger partial charge is 0.155 e. The Balaban J connectivity index is 1.60. The molecule has 27 heavy (non-hydrogen) atoms. The zero-order chi connectivity index (χ0) is 19.0. The van der Waals surface area contributed by atoms with Crippen LogP contribution >= 0.6 is 0 Å². The highest BCUT2D eigenvalue weighted by molar-refractivity contribution is 5.47. The van der Waals surface area contributed by atoms with Crippen molar-refractivity contribution in [3.63, 3.8) is 0 Å². The predicted molar refractivity (Wildman–Crippen MR) is 101 cm³/mol. The highest BCUT2D eigenvalue weighted by Crippen LogP contribution is 2.26. The lowest BCUT2D eigenvalue weighted by molar-refractivity contribution is 0.200. The molecule has 0 fully saturated rings. The third kappa shape index (κ3) is 3.32. The molecule has 4 rings (SSSR count). The minimum atomic E-state index is -0.825. The molecule has 8 nitrogen and oxygen atoms in total. The van der Waals surface area contributed by atoms with Crippen molar-refractivity contribution >= 4 is 5.82 Å². The lowest BCUT2D eigenvalue weighted by Gasteiger charge is -2.30. The van der Waals surface area contributed by atoms with E-state index in [0.29, 0.717) is 18.1 Å². The summed E-state index contributed by atoms with van der Waals surface area (Å²) in [6.07, 6.45) is 6.66. The zero-order valence-electron chi connectivity index (χ0n) is 16.0. The fourth-order valence-electron chi connectivity index (χ4n) is 3.58. The average Bonchev–Trinajstić information content (AvgIpc) is 3.28. The average molecular weight is 367 g/mol. The van der Waals surface area contributed by atoms with Crippen LogP contribution in [0.4, 0.5) is 5.82 Å². The van der Waals surface area contributed by atoms with Crippen molar-refractivity contribution in [2.24, 2.45) is 7.05 Å². The monoisotopic (exact) mass is 367 g/mol. The number of hydrogen-bond donors (Lipinski definition) is 1. The second-order valence-electron chi connectivity index (χ2n) is 7.02. The van der Waals surface area contributed by atoms with E-state index >= 15 is 0 Å². The first-order valence-electron chi connectivity index (χ1n) is 9.36. The summed E-state index contributed by atoms with van der Waals surface area (Å²) in [7, 11) is 1.87. The molecule has 3 aromatic heterocycles. The Hall–Kier alpha value is -2.74. The van der Waals surface area contributed by atoms with Gasteiger partial charge in [-0.3, -0.25) is 4.68 Å². The summed E-state index contributed by atoms with van der Waals surface area (Å²) < 4.78 is 3.79. The normalized spacial score (nSPS) is 15.0. The maximum Gasteiger partial charge on any atom is 0.155 e. The number of aliphatic hydroxyl groups is 1. The number of hydrogen-bond acceptors (Lipinski definition) is 6. The predicted octanol–water partition coefficient (Wildman–Crippen LogP) is 1.77. The first-order valence-corrected chi connectivity index (χ1v) is 9.36. The molecule has 4 heterocycles. The van der Waals surface area contributed by atoms with Crippen molar-refractivity contribution in [1.82, 2.24) is 29.3 Å². The van der Waals surface area contributed by atoms with Gasteiger partial charge in [-0.2, -0.15) is 5.10 Å². The van der Waals surface area contributed by atoms with Crippen molar-refractivity contribution in [3.05, 3.63) is 53.3 Å². The molecule has 0 amide bonds. The van der Waals surface area contributed by atoms with Crippen molar-refractivity contribution in [1.29, 1.82) is 0 Å². The standard InChI is InChI=1S/C19H25N7O/c1-4-5-14-11-21-13(2)22-18(14)25-8-9-26-15(12-25)10-16(23-26)17(27)19-20-6-7-24(19)3/h6-7,10-11,17,27H,4-5,8-9,12H2,1-3H3. The maximum atomic E-state index is 10.7. The molecule has 3 aromatic rings. The SMILES string of the molecule is CCCc1cnc(C)nc1N1CCn2nc(C(O)c3nccn3C)cc2C1. The molecule has 0 spiro atoms. The van der Waals surface area contributed by atoms with Crippen LogP contribution in [0.2, 0.25) is 0 Å². The molecule has 1 N–H and O–H groups in total. The number of nitrogens with zero attached hydrogens (tertiary/aromatic N) is 7. The molecule has 1 atom stereocenters. The van der Waals surface area contributed by atoms with Gasteiger partial charge in [-0.1, -0.05) is 13.3 Å². The van der Waals surface area contributed by atoms with E-state index in [9.17, 15) is 5.11 Å². The largest absolute Gasteiger partial charge is 0.379 e. The van der Waals surface area contributed by atoms with Crippen LogP contribution in [0.25, 0.3) is 0 Å². The van der Waals surface area contributed by atoms with Gasteiger partial charge in [0.2, 0.25) is 0 Å². The van der Waals surface area contributed by atoms with E-state index in [0.717, 1.165) is 43.3 Å². The Kier molecular flexibility index (Phi) is 4.65. The van der Waals surface area contributed by atoms with Crippen LogP contribution in [0.5, 0.6) is 0 Å². The maximum absolute atomic E-state index is 10.7. The van der Waals surface area contributed by atoms with Crippen molar-refractivity contribution in [3.8, 4) is 0 Å². The van der Waals surface area contributed by atoms with E-state index in [2.05, 4.69) is 26.9 Å². The number of aliphatic hydroxyl groups excluding tert-OH is 1. The summed E-state index contributed by atoms with van der Waals surface area (Å²) in [5.41, 5.74) is 2.89. The van der Waals surface area contributed by atoms with Gasteiger partial charge in [0.25, 0.3) is 0 Å². The van der Waals surface area contributed by atoms with Crippen LogP contribution in [0.3, 0.4) is 0 Å². The van der Waals surface area contributed by atoms with Crippen molar-refractivity contribution in [2.45, 2.75) is 45.9 Å². The zero-order valence-corrected chi connectivity index (χ0v) is 16.0. The van der Waals surface area contributed by atoms with Crippen LogP contribution in [0.1, 0.15) is 48.0 Å². The van der Waals surface area contributed by atoms with Crippen molar-refractivity contribution < 1.29 is 5.11 Å². The molecule has 0 aliphatic carbocycles. The molecule has 0 saturated carbocycles. The molecule has 142 valence electrons. The van der Waals surface area contributed by atoms with E-state index in [-0.39, 0.29) is 0 Å². The van der Waals surface area contributed by atoms with Crippen LogP contribution < -0.4 is 4.90 Å². The van der Waals surface area contributed by atoms with Crippen LogP contribution in [-0.4, -0.2) is 41.0 Å². The third-order valence-corrected chi connectivity index (χ3v) is 4.98. The summed E-state index contributed by atoms with van der Waals surface area (Å²) in [6.45, 7) is 6.40. The molecule has 1 aliphatic heterocycles. The van der Waals surface area contributed by atoms with Gasteiger partial charge < -0.3 is 14.6 Å². The summed E-state index contributed by atoms with van der Waals surface area (Å²) in [6, 6.07) is 1.97. The van der Waals surface area contributed by atoms with Crippen LogP contribution in [0, 0.1) is 6.92 Å². The van der Waals surface area contributed by atoms with Crippen molar-refractivity contribution in [2.75, 3.05) is 11.4 Å². The summed E-state index contributed by atoms with van der Waals surface area (Å²) >= 11 is 0. The lowest BCUT2D eigenvalue weighted by Crippen LogP contribution is -2.35. The Bertz CT molecular complexity index is 945. The van der Waals surface area contributed by atoms with Gasteiger partial charge >= 0.3 is 0 Å². The highest BCUT2D eigenvalue weighted by Gasteiger charge is 2.25. The molecule has 1 unspecified atom stereocenters. The van der Waals surface area contributed by atoms with Gasteiger partial charge in [-0.15, -0.1) is 0 Å². The summed E-state index contributed by atoms with van der Waals surface area (Å²) in [4.78, 5) is 15.6. The Labute approximate surface area is 158 Å². The molecule has 1 aliphatic rings. The fraction of sp³-hybridized carbons (Fsp3) is 0.474. The highest BCUT2D eigenvalue weighted by atomic mass is 16.3. The van der Waals surface area contributed by atoms with Crippen LogP contribution in [-0.2, 0) is 26.6 Å². The number of imidazole rings is 1. The third-order valence-electron chi connectivity index (χ3n) is 4.98. The van der Waals surface area contributed by atoms with Gasteiger partial charge in [0.05, 0.1) is 24.5 Å². The lowest BCUT2D eigenvalue weighted by atomic mass is 10.1. The minimum Gasteiger partial charge on any atom is -0.379 e. The van der Waals surface area contributed by atoms with Crippen LogP contribution in [0.15, 0.2) is 24.7 Å². The Morgan fingerprint density at radius 2 is 2.11 bits per heavy atom. The molecule has 0 aromatic carbocycles. The van der Waals surface area contributed by atoms with E-state index in [1.54, 1.807) is 6.20 Å². The second-order valence-corrected chi connectivity index (χ2v) is 7.02. The van der Waals surface area contributed by atoms with E-state index in [1.165, 1.54) is 5.56 Å². The van der Waals surface area contributed by atoms with Gasteiger partial charge in [-0.25, -0.2) is 15.0 Å².